The first-order valence-corrected chi connectivity index (χ1v) is 10.8. The summed E-state index contributed by atoms with van der Waals surface area (Å²) in [5, 5.41) is 7.94. The maximum atomic E-state index is 6.03. The van der Waals surface area contributed by atoms with Gasteiger partial charge in [-0.3, -0.25) is 0 Å². The Morgan fingerprint density at radius 2 is 1.83 bits per heavy atom. The Kier molecular flexibility index (Phi) is 11.5. The van der Waals surface area contributed by atoms with Crippen LogP contribution in [-0.2, 0) is 0 Å². The maximum Gasteiger partial charge on any atom is 0.0406 e. The summed E-state index contributed by atoms with van der Waals surface area (Å²) < 4.78 is 0. The summed E-state index contributed by atoms with van der Waals surface area (Å²) in [4.78, 5) is 2.65. The van der Waals surface area contributed by atoms with E-state index in [-0.39, 0.29) is 11.0 Å². The third kappa shape index (κ3) is 8.11. The molecule has 2 aliphatic heterocycles. The Balaban J connectivity index is 0.00000210. The van der Waals surface area contributed by atoms with Crippen molar-refractivity contribution >= 4 is 11.6 Å². The van der Waals surface area contributed by atoms with Crippen molar-refractivity contribution in [1.82, 2.24) is 15.5 Å². The summed E-state index contributed by atoms with van der Waals surface area (Å²) in [6.45, 7) is 10.3. The highest BCUT2D eigenvalue weighted by Crippen LogP contribution is 2.29. The normalized spacial score (nSPS) is 18.4. The average Bonchev–Trinajstić information content (AvgIpc) is 2.69. The monoisotopic (exact) mass is 423 g/mol. The lowest BCUT2D eigenvalue weighted by molar-refractivity contribution is 0.176. The predicted octanol–water partition coefficient (Wildman–Crippen LogP) is 2.92. The molecular formula is C23H38ClN3O2. The Labute approximate surface area is 180 Å². The fourth-order valence-electron chi connectivity index (χ4n) is 4.06. The number of piperidine rings is 1. The summed E-state index contributed by atoms with van der Waals surface area (Å²) >= 11 is 6.03. The molecule has 29 heavy (non-hydrogen) atoms. The third-order valence-corrected chi connectivity index (χ3v) is 6.17. The number of rotatable bonds is 8. The molecule has 0 saturated carbocycles. The van der Waals surface area contributed by atoms with Crippen LogP contribution in [0, 0.1) is 5.92 Å². The minimum atomic E-state index is 0. The number of likely N-dealkylation sites (tertiary alicyclic amines) is 1. The van der Waals surface area contributed by atoms with Gasteiger partial charge in [0, 0.05) is 24.2 Å². The van der Waals surface area contributed by atoms with Gasteiger partial charge in [-0.1, -0.05) is 43.7 Å². The van der Waals surface area contributed by atoms with E-state index in [9.17, 15) is 0 Å². The Morgan fingerprint density at radius 1 is 1.14 bits per heavy atom. The quantitative estimate of drug-likeness (QED) is 0.673. The van der Waals surface area contributed by atoms with Gasteiger partial charge in [-0.05, 0) is 86.3 Å². The predicted molar refractivity (Wildman–Crippen MR) is 124 cm³/mol. The van der Waals surface area contributed by atoms with Gasteiger partial charge >= 0.3 is 0 Å². The van der Waals surface area contributed by atoms with Crippen molar-refractivity contribution in [3.8, 4) is 0 Å². The Bertz CT molecular complexity index is 638. The van der Waals surface area contributed by atoms with Crippen LogP contribution in [0.5, 0.6) is 0 Å². The van der Waals surface area contributed by atoms with Crippen LogP contribution in [0.4, 0.5) is 0 Å². The molecule has 0 amide bonds. The molecule has 0 spiro atoms. The highest BCUT2D eigenvalue weighted by molar-refractivity contribution is 6.30. The van der Waals surface area contributed by atoms with Crippen molar-refractivity contribution in [1.29, 1.82) is 0 Å². The smallest absolute Gasteiger partial charge is 0.0406 e. The number of hydrogen-bond acceptors (Lipinski definition) is 3. The number of nitrogens with zero attached hydrogens (tertiary/aromatic N) is 1. The standard InChI is InChI=1S/C23H34ClN3.2H2O/c1-18(2)23(26-13-9-19-4-3-12-25-16-19)17-27-14-10-21(11-15-27)20-5-7-22(24)8-6-20;;/h3-8,12,18,21,23,25-26H,9-11,13-17H2,1-2H3;2*1H2/t23-;;/m0../s1. The summed E-state index contributed by atoms with van der Waals surface area (Å²) in [5.74, 6) is 1.33. The highest BCUT2D eigenvalue weighted by Gasteiger charge is 2.23. The van der Waals surface area contributed by atoms with Gasteiger partial charge in [0.05, 0.1) is 0 Å². The number of benzene rings is 1. The number of allylic oxidation sites excluding steroid dienone is 2. The summed E-state index contributed by atoms with van der Waals surface area (Å²) in [6.07, 6.45) is 9.98. The van der Waals surface area contributed by atoms with E-state index in [1.165, 1.54) is 37.1 Å². The molecule has 0 radical (unpaired) electrons. The second kappa shape index (κ2) is 13.0. The Morgan fingerprint density at radius 3 is 2.41 bits per heavy atom. The molecule has 0 unspecified atom stereocenters. The first kappa shape index (κ1) is 25.7. The second-order valence-electron chi connectivity index (χ2n) is 8.25. The molecule has 3 rings (SSSR count). The van der Waals surface area contributed by atoms with E-state index >= 15 is 0 Å². The van der Waals surface area contributed by atoms with Crippen molar-refractivity contribution in [2.24, 2.45) is 5.92 Å². The van der Waals surface area contributed by atoms with Gasteiger partial charge in [-0.2, -0.15) is 0 Å². The number of dihydropyridines is 1. The van der Waals surface area contributed by atoms with Gasteiger partial charge in [0.15, 0.2) is 0 Å². The summed E-state index contributed by atoms with van der Waals surface area (Å²) in [5.41, 5.74) is 2.93. The first-order valence-electron chi connectivity index (χ1n) is 10.4. The van der Waals surface area contributed by atoms with Crippen LogP contribution in [0.1, 0.15) is 44.6 Å². The topological polar surface area (TPSA) is 90.3 Å². The zero-order valence-electron chi connectivity index (χ0n) is 17.8. The van der Waals surface area contributed by atoms with Crippen molar-refractivity contribution in [2.75, 3.05) is 32.7 Å². The van der Waals surface area contributed by atoms with E-state index in [1.54, 1.807) is 0 Å². The first-order chi connectivity index (χ1) is 13.1. The SMILES string of the molecule is CC(C)[C@H](CN1CCC(c2ccc(Cl)cc2)CC1)NCCC1=CC=CNC1.O.O. The van der Waals surface area contributed by atoms with Crippen LogP contribution in [0.15, 0.2) is 48.2 Å². The number of nitrogens with one attached hydrogen (secondary N) is 2. The maximum absolute atomic E-state index is 6.03. The molecule has 0 aliphatic carbocycles. The molecule has 1 atom stereocenters. The van der Waals surface area contributed by atoms with Gasteiger partial charge < -0.3 is 26.5 Å². The minimum absolute atomic E-state index is 0. The zero-order chi connectivity index (χ0) is 19.1. The van der Waals surface area contributed by atoms with Crippen molar-refractivity contribution in [3.05, 3.63) is 58.8 Å². The van der Waals surface area contributed by atoms with Gasteiger partial charge in [-0.15, -0.1) is 0 Å². The van der Waals surface area contributed by atoms with E-state index in [1.807, 2.05) is 18.3 Å². The van der Waals surface area contributed by atoms with Crippen LogP contribution in [-0.4, -0.2) is 54.6 Å². The fourth-order valence-corrected chi connectivity index (χ4v) is 4.19. The molecule has 0 aromatic heterocycles. The van der Waals surface area contributed by atoms with Gasteiger partial charge in [0.1, 0.15) is 0 Å². The molecule has 1 saturated heterocycles. The Hall–Kier alpha value is -1.37. The van der Waals surface area contributed by atoms with Crippen molar-refractivity contribution < 1.29 is 11.0 Å². The van der Waals surface area contributed by atoms with E-state index in [2.05, 4.69) is 53.7 Å². The molecule has 1 aromatic rings. The molecule has 2 aliphatic rings. The van der Waals surface area contributed by atoms with E-state index in [4.69, 9.17) is 11.6 Å². The van der Waals surface area contributed by atoms with E-state index in [0.717, 1.165) is 31.1 Å². The van der Waals surface area contributed by atoms with Crippen molar-refractivity contribution in [2.45, 2.75) is 45.1 Å². The fraction of sp³-hybridized carbons (Fsp3) is 0.565. The zero-order valence-corrected chi connectivity index (χ0v) is 18.5. The molecule has 1 aromatic carbocycles. The van der Waals surface area contributed by atoms with E-state index in [0.29, 0.717) is 17.9 Å². The van der Waals surface area contributed by atoms with Crippen LogP contribution >= 0.6 is 11.6 Å². The largest absolute Gasteiger partial charge is 0.412 e. The van der Waals surface area contributed by atoms with Crippen LogP contribution in [0.2, 0.25) is 5.02 Å². The van der Waals surface area contributed by atoms with Crippen LogP contribution in [0.3, 0.4) is 0 Å². The summed E-state index contributed by atoms with van der Waals surface area (Å²) in [6, 6.07) is 9.00. The van der Waals surface area contributed by atoms with Crippen LogP contribution in [0.25, 0.3) is 0 Å². The molecular weight excluding hydrogens is 386 g/mol. The lowest BCUT2D eigenvalue weighted by atomic mass is 9.89. The molecule has 2 heterocycles. The van der Waals surface area contributed by atoms with Crippen LogP contribution < -0.4 is 10.6 Å². The molecule has 1 fully saturated rings. The lowest BCUT2D eigenvalue weighted by Gasteiger charge is -2.36. The molecule has 6 N–H and O–H groups in total. The molecule has 0 bridgehead atoms. The molecule has 5 nitrogen and oxygen atoms in total. The lowest BCUT2D eigenvalue weighted by Crippen LogP contribution is -2.46. The molecule has 164 valence electrons. The average molecular weight is 424 g/mol. The van der Waals surface area contributed by atoms with Gasteiger partial charge in [0.25, 0.3) is 0 Å². The summed E-state index contributed by atoms with van der Waals surface area (Å²) in [7, 11) is 0. The van der Waals surface area contributed by atoms with Gasteiger partial charge in [-0.25, -0.2) is 0 Å². The number of halogens is 1. The third-order valence-electron chi connectivity index (χ3n) is 5.92. The van der Waals surface area contributed by atoms with E-state index < -0.39 is 0 Å². The van der Waals surface area contributed by atoms with Gasteiger partial charge in [0.2, 0.25) is 0 Å². The molecule has 6 heteroatoms. The minimum Gasteiger partial charge on any atom is -0.412 e. The second-order valence-corrected chi connectivity index (χ2v) is 8.68. The number of hydrogen-bond donors (Lipinski definition) is 2. The van der Waals surface area contributed by atoms with Crippen molar-refractivity contribution in [3.63, 3.8) is 0 Å². The highest BCUT2D eigenvalue weighted by atomic mass is 35.5.